The van der Waals surface area contributed by atoms with Crippen LogP contribution in [0.5, 0.6) is 5.75 Å². The van der Waals surface area contributed by atoms with Crippen LogP contribution in [-0.4, -0.2) is 6.61 Å². The first-order chi connectivity index (χ1) is 9.11. The molecule has 0 fully saturated rings. The summed E-state index contributed by atoms with van der Waals surface area (Å²) in [6.45, 7) is 4.68. The van der Waals surface area contributed by atoms with Crippen molar-refractivity contribution in [3.63, 3.8) is 0 Å². The predicted octanol–water partition coefficient (Wildman–Crippen LogP) is 4.20. The third kappa shape index (κ3) is 3.37. The Morgan fingerprint density at radius 1 is 1.16 bits per heavy atom. The van der Waals surface area contributed by atoms with Crippen molar-refractivity contribution in [1.82, 2.24) is 0 Å². The summed E-state index contributed by atoms with van der Waals surface area (Å²) in [5.41, 5.74) is 9.68. The molecule has 0 heterocycles. The maximum atomic E-state index is 6.37. The molecule has 100 valence electrons. The Labute approximate surface area is 122 Å². The van der Waals surface area contributed by atoms with E-state index in [-0.39, 0.29) is 6.04 Å². The summed E-state index contributed by atoms with van der Waals surface area (Å²) >= 11 is 3.49. The summed E-state index contributed by atoms with van der Waals surface area (Å²) in [6.07, 6.45) is 0. The van der Waals surface area contributed by atoms with Crippen molar-refractivity contribution in [2.24, 2.45) is 5.73 Å². The van der Waals surface area contributed by atoms with Crippen molar-refractivity contribution in [3.05, 3.63) is 63.6 Å². The predicted molar refractivity (Wildman–Crippen MR) is 82.5 cm³/mol. The average molecular weight is 320 g/mol. The lowest BCUT2D eigenvalue weighted by Crippen LogP contribution is -2.13. The van der Waals surface area contributed by atoms with Crippen molar-refractivity contribution in [2.75, 3.05) is 6.61 Å². The van der Waals surface area contributed by atoms with Crippen LogP contribution in [0, 0.1) is 6.92 Å². The Morgan fingerprint density at radius 3 is 2.47 bits per heavy atom. The largest absolute Gasteiger partial charge is 0.494 e. The summed E-state index contributed by atoms with van der Waals surface area (Å²) in [6, 6.07) is 14.1. The molecule has 0 amide bonds. The monoisotopic (exact) mass is 319 g/mol. The second-order valence-corrected chi connectivity index (χ2v) is 5.42. The van der Waals surface area contributed by atoms with Crippen molar-refractivity contribution in [1.29, 1.82) is 0 Å². The summed E-state index contributed by atoms with van der Waals surface area (Å²) in [5, 5.41) is 0. The second-order valence-electron chi connectivity index (χ2n) is 4.50. The minimum atomic E-state index is -0.181. The van der Waals surface area contributed by atoms with Crippen molar-refractivity contribution < 1.29 is 4.74 Å². The maximum Gasteiger partial charge on any atom is 0.124 e. The first kappa shape index (κ1) is 14.1. The topological polar surface area (TPSA) is 35.2 Å². The minimum Gasteiger partial charge on any atom is -0.494 e. The Bertz CT molecular complexity index is 551. The highest BCUT2D eigenvalue weighted by Crippen LogP contribution is 2.31. The van der Waals surface area contributed by atoms with Gasteiger partial charge in [-0.1, -0.05) is 45.8 Å². The van der Waals surface area contributed by atoms with Crippen LogP contribution in [0.15, 0.2) is 46.9 Å². The molecule has 0 radical (unpaired) electrons. The van der Waals surface area contributed by atoms with Gasteiger partial charge in [0.2, 0.25) is 0 Å². The number of halogens is 1. The molecule has 0 aliphatic rings. The van der Waals surface area contributed by atoms with Crippen LogP contribution in [0.4, 0.5) is 0 Å². The van der Waals surface area contributed by atoms with E-state index >= 15 is 0 Å². The first-order valence-electron chi connectivity index (χ1n) is 6.36. The minimum absolute atomic E-state index is 0.181. The molecular weight excluding hydrogens is 302 g/mol. The van der Waals surface area contributed by atoms with Gasteiger partial charge in [-0.05, 0) is 37.6 Å². The van der Waals surface area contributed by atoms with Gasteiger partial charge in [0.15, 0.2) is 0 Å². The van der Waals surface area contributed by atoms with Gasteiger partial charge < -0.3 is 10.5 Å². The van der Waals surface area contributed by atoms with Gasteiger partial charge in [0.1, 0.15) is 5.75 Å². The third-order valence-corrected chi connectivity index (χ3v) is 3.54. The highest BCUT2D eigenvalue weighted by atomic mass is 79.9. The number of nitrogens with two attached hydrogens (primary N) is 1. The Balaban J connectivity index is 2.39. The van der Waals surface area contributed by atoms with E-state index in [1.54, 1.807) is 0 Å². The van der Waals surface area contributed by atoms with Gasteiger partial charge in [-0.2, -0.15) is 0 Å². The zero-order valence-electron chi connectivity index (χ0n) is 11.2. The van der Waals surface area contributed by atoms with Crippen molar-refractivity contribution >= 4 is 15.9 Å². The summed E-state index contributed by atoms with van der Waals surface area (Å²) in [5.74, 6) is 0.846. The quantitative estimate of drug-likeness (QED) is 0.916. The number of rotatable bonds is 4. The van der Waals surface area contributed by atoms with Crippen LogP contribution in [-0.2, 0) is 0 Å². The normalized spacial score (nSPS) is 12.2. The molecule has 0 aliphatic carbocycles. The van der Waals surface area contributed by atoms with E-state index in [9.17, 15) is 0 Å². The van der Waals surface area contributed by atoms with Gasteiger partial charge in [-0.15, -0.1) is 0 Å². The molecule has 0 spiro atoms. The van der Waals surface area contributed by atoms with Gasteiger partial charge in [0.05, 0.1) is 12.6 Å². The van der Waals surface area contributed by atoms with Crippen molar-refractivity contribution in [3.8, 4) is 5.75 Å². The SMILES string of the molecule is CCOc1ccc(Br)cc1C(N)c1ccc(C)cc1. The molecule has 2 nitrogen and oxygen atoms in total. The van der Waals surface area contributed by atoms with Gasteiger partial charge in [0, 0.05) is 10.0 Å². The van der Waals surface area contributed by atoms with Crippen LogP contribution in [0.1, 0.15) is 29.7 Å². The number of hydrogen-bond donors (Lipinski definition) is 1. The fourth-order valence-electron chi connectivity index (χ4n) is 2.00. The molecule has 0 aliphatic heterocycles. The van der Waals surface area contributed by atoms with Crippen LogP contribution in [0.25, 0.3) is 0 Å². The molecule has 0 bridgehead atoms. The maximum absolute atomic E-state index is 6.37. The van der Waals surface area contributed by atoms with Gasteiger partial charge >= 0.3 is 0 Å². The van der Waals surface area contributed by atoms with Crippen LogP contribution in [0.3, 0.4) is 0 Å². The highest BCUT2D eigenvalue weighted by Gasteiger charge is 2.14. The van der Waals surface area contributed by atoms with Crippen molar-refractivity contribution in [2.45, 2.75) is 19.9 Å². The molecule has 2 N–H and O–H groups in total. The Morgan fingerprint density at radius 2 is 1.84 bits per heavy atom. The van der Waals surface area contributed by atoms with E-state index in [0.29, 0.717) is 6.61 Å². The van der Waals surface area contributed by atoms with Crippen LogP contribution < -0.4 is 10.5 Å². The number of hydrogen-bond acceptors (Lipinski definition) is 2. The van der Waals surface area contributed by atoms with Crippen LogP contribution >= 0.6 is 15.9 Å². The van der Waals surface area contributed by atoms with E-state index in [1.807, 2.05) is 25.1 Å². The smallest absolute Gasteiger partial charge is 0.124 e. The lowest BCUT2D eigenvalue weighted by atomic mass is 9.98. The average Bonchev–Trinajstić information content (AvgIpc) is 2.41. The van der Waals surface area contributed by atoms with E-state index in [4.69, 9.17) is 10.5 Å². The molecule has 2 aromatic rings. The highest BCUT2D eigenvalue weighted by molar-refractivity contribution is 9.10. The molecule has 0 saturated heterocycles. The lowest BCUT2D eigenvalue weighted by molar-refractivity contribution is 0.335. The molecule has 2 rings (SSSR count). The van der Waals surface area contributed by atoms with E-state index < -0.39 is 0 Å². The Kier molecular flexibility index (Phi) is 4.61. The standard InChI is InChI=1S/C16H18BrNO/c1-3-19-15-9-8-13(17)10-14(15)16(18)12-6-4-11(2)5-7-12/h4-10,16H,3,18H2,1-2H3. The molecule has 3 heteroatoms. The van der Waals surface area contributed by atoms with Gasteiger partial charge in [0.25, 0.3) is 0 Å². The molecular formula is C16H18BrNO. The number of aryl methyl sites for hydroxylation is 1. The lowest BCUT2D eigenvalue weighted by Gasteiger charge is -2.17. The molecule has 0 aromatic heterocycles. The van der Waals surface area contributed by atoms with E-state index in [0.717, 1.165) is 21.3 Å². The molecule has 19 heavy (non-hydrogen) atoms. The van der Waals surface area contributed by atoms with Gasteiger partial charge in [-0.3, -0.25) is 0 Å². The number of ether oxygens (including phenoxy) is 1. The molecule has 0 saturated carbocycles. The third-order valence-electron chi connectivity index (χ3n) is 3.04. The molecule has 1 atom stereocenters. The summed E-state index contributed by atoms with van der Waals surface area (Å²) < 4.78 is 6.67. The van der Waals surface area contributed by atoms with Crippen LogP contribution in [0.2, 0.25) is 0 Å². The molecule has 1 unspecified atom stereocenters. The zero-order valence-corrected chi connectivity index (χ0v) is 12.8. The Hall–Kier alpha value is -1.32. The van der Waals surface area contributed by atoms with E-state index in [2.05, 4.69) is 47.1 Å². The van der Waals surface area contributed by atoms with E-state index in [1.165, 1.54) is 5.56 Å². The summed E-state index contributed by atoms with van der Waals surface area (Å²) in [7, 11) is 0. The fraction of sp³-hybridized carbons (Fsp3) is 0.250. The fourth-order valence-corrected chi connectivity index (χ4v) is 2.38. The summed E-state index contributed by atoms with van der Waals surface area (Å²) in [4.78, 5) is 0. The van der Waals surface area contributed by atoms with Gasteiger partial charge in [-0.25, -0.2) is 0 Å². The zero-order chi connectivity index (χ0) is 13.8. The number of benzene rings is 2. The first-order valence-corrected chi connectivity index (χ1v) is 7.15. The molecule has 2 aromatic carbocycles. The second kappa shape index (κ2) is 6.22.